The molecule has 0 spiro atoms. The van der Waals surface area contributed by atoms with Gasteiger partial charge in [-0.2, -0.15) is 0 Å². The van der Waals surface area contributed by atoms with Gasteiger partial charge in [-0.05, 0) is 49.4 Å². The first kappa shape index (κ1) is 20.2. The molecule has 6 nitrogen and oxygen atoms in total. The van der Waals surface area contributed by atoms with Crippen molar-refractivity contribution in [3.8, 4) is 5.75 Å². The summed E-state index contributed by atoms with van der Waals surface area (Å²) in [4.78, 5) is 24.8. The molecular weight excluding hydrogens is 394 g/mol. The van der Waals surface area contributed by atoms with Crippen molar-refractivity contribution < 1.29 is 23.5 Å². The van der Waals surface area contributed by atoms with Gasteiger partial charge in [0.2, 0.25) is 0 Å². The van der Waals surface area contributed by atoms with E-state index in [1.54, 1.807) is 31.2 Å². The SMILES string of the molecule is CCOC(=O)c1ccc(NC(=O)c2oc3ccccc3c2COc2ccccc2)cc1. The zero-order valence-corrected chi connectivity index (χ0v) is 17.0. The number of esters is 1. The molecular formula is C25H21NO5. The maximum absolute atomic E-state index is 13.0. The summed E-state index contributed by atoms with van der Waals surface area (Å²) in [5.74, 6) is 0.0880. The number of benzene rings is 3. The molecule has 3 aromatic carbocycles. The van der Waals surface area contributed by atoms with Crippen LogP contribution in [0.3, 0.4) is 0 Å². The predicted octanol–water partition coefficient (Wildman–Crippen LogP) is 5.44. The van der Waals surface area contributed by atoms with Gasteiger partial charge in [-0.25, -0.2) is 4.79 Å². The molecule has 31 heavy (non-hydrogen) atoms. The summed E-state index contributed by atoms with van der Waals surface area (Å²) in [6.45, 7) is 2.24. The van der Waals surface area contributed by atoms with E-state index in [2.05, 4.69) is 5.32 Å². The molecule has 4 aromatic rings. The number of amides is 1. The number of carbonyl (C=O) groups excluding carboxylic acids is 2. The fraction of sp³-hybridized carbons (Fsp3) is 0.120. The van der Waals surface area contributed by atoms with Crippen molar-refractivity contribution >= 4 is 28.5 Å². The van der Waals surface area contributed by atoms with Crippen molar-refractivity contribution in [2.75, 3.05) is 11.9 Å². The van der Waals surface area contributed by atoms with Crippen molar-refractivity contribution in [3.63, 3.8) is 0 Å². The Morgan fingerprint density at radius 1 is 0.903 bits per heavy atom. The van der Waals surface area contributed by atoms with Crippen LogP contribution in [0.5, 0.6) is 5.75 Å². The second-order valence-electron chi connectivity index (χ2n) is 6.76. The van der Waals surface area contributed by atoms with Crippen LogP contribution >= 0.6 is 0 Å². The zero-order chi connectivity index (χ0) is 21.6. The largest absolute Gasteiger partial charge is 0.489 e. The van der Waals surface area contributed by atoms with Crippen molar-refractivity contribution in [1.82, 2.24) is 0 Å². The Balaban J connectivity index is 1.56. The van der Waals surface area contributed by atoms with Gasteiger partial charge in [-0.15, -0.1) is 0 Å². The summed E-state index contributed by atoms with van der Waals surface area (Å²) in [7, 11) is 0. The van der Waals surface area contributed by atoms with Gasteiger partial charge in [0.05, 0.1) is 12.2 Å². The van der Waals surface area contributed by atoms with Crippen molar-refractivity contribution in [3.05, 3.63) is 95.7 Å². The lowest BCUT2D eigenvalue weighted by Gasteiger charge is -2.08. The van der Waals surface area contributed by atoms with Gasteiger partial charge in [-0.1, -0.05) is 36.4 Å². The van der Waals surface area contributed by atoms with Crippen LogP contribution in [-0.2, 0) is 11.3 Å². The van der Waals surface area contributed by atoms with Crippen LogP contribution < -0.4 is 10.1 Å². The number of hydrogen-bond donors (Lipinski definition) is 1. The van der Waals surface area contributed by atoms with E-state index in [9.17, 15) is 9.59 Å². The molecule has 0 radical (unpaired) electrons. The van der Waals surface area contributed by atoms with Gasteiger partial charge in [0.25, 0.3) is 5.91 Å². The molecule has 1 heterocycles. The van der Waals surface area contributed by atoms with E-state index in [1.165, 1.54) is 0 Å². The van der Waals surface area contributed by atoms with Gasteiger partial charge in [0.1, 0.15) is 17.9 Å². The number of rotatable bonds is 7. The lowest BCUT2D eigenvalue weighted by Crippen LogP contribution is -2.14. The minimum absolute atomic E-state index is 0.186. The second-order valence-corrected chi connectivity index (χ2v) is 6.76. The van der Waals surface area contributed by atoms with E-state index < -0.39 is 11.9 Å². The molecule has 0 bridgehead atoms. The number of fused-ring (bicyclic) bond motifs is 1. The van der Waals surface area contributed by atoms with E-state index >= 15 is 0 Å². The number of hydrogen-bond acceptors (Lipinski definition) is 5. The molecule has 6 heteroatoms. The fourth-order valence-electron chi connectivity index (χ4n) is 3.19. The number of furan rings is 1. The molecule has 0 unspecified atom stereocenters. The Bertz CT molecular complexity index is 1200. The first-order chi connectivity index (χ1) is 15.2. The molecule has 0 fully saturated rings. The van der Waals surface area contributed by atoms with Gasteiger partial charge in [-0.3, -0.25) is 4.79 Å². The van der Waals surface area contributed by atoms with Crippen LogP contribution in [0, 0.1) is 0 Å². The van der Waals surface area contributed by atoms with Crippen molar-refractivity contribution in [2.45, 2.75) is 13.5 Å². The highest BCUT2D eigenvalue weighted by Crippen LogP contribution is 2.28. The highest BCUT2D eigenvalue weighted by Gasteiger charge is 2.21. The summed E-state index contributed by atoms with van der Waals surface area (Å²) >= 11 is 0. The molecule has 1 N–H and O–H groups in total. The van der Waals surface area contributed by atoms with E-state index in [0.717, 1.165) is 5.39 Å². The monoisotopic (exact) mass is 415 g/mol. The lowest BCUT2D eigenvalue weighted by atomic mass is 10.1. The third-order valence-electron chi connectivity index (χ3n) is 4.68. The normalized spacial score (nSPS) is 10.6. The number of anilines is 1. The summed E-state index contributed by atoms with van der Waals surface area (Å²) in [6.07, 6.45) is 0. The van der Waals surface area contributed by atoms with Crippen LogP contribution in [0.2, 0.25) is 0 Å². The summed E-state index contributed by atoms with van der Waals surface area (Å²) in [6, 6.07) is 23.3. The number of carbonyl (C=O) groups is 2. The molecule has 0 saturated carbocycles. The van der Waals surface area contributed by atoms with Gasteiger partial charge in [0.15, 0.2) is 5.76 Å². The third kappa shape index (κ3) is 4.59. The van der Waals surface area contributed by atoms with E-state index in [0.29, 0.717) is 34.8 Å². The smallest absolute Gasteiger partial charge is 0.338 e. The number of ether oxygens (including phenoxy) is 2. The molecule has 4 rings (SSSR count). The highest BCUT2D eigenvalue weighted by atomic mass is 16.5. The van der Waals surface area contributed by atoms with E-state index in [-0.39, 0.29) is 12.4 Å². The molecule has 1 aromatic heterocycles. The van der Waals surface area contributed by atoms with Gasteiger partial charge >= 0.3 is 5.97 Å². The summed E-state index contributed by atoms with van der Waals surface area (Å²) < 4.78 is 16.7. The quantitative estimate of drug-likeness (QED) is 0.407. The average Bonchev–Trinajstić information content (AvgIpc) is 3.18. The first-order valence-corrected chi connectivity index (χ1v) is 9.92. The predicted molar refractivity (Wildman–Crippen MR) is 117 cm³/mol. The van der Waals surface area contributed by atoms with Crippen LogP contribution in [0.4, 0.5) is 5.69 Å². The molecule has 0 atom stereocenters. The Morgan fingerprint density at radius 3 is 2.35 bits per heavy atom. The Hall–Kier alpha value is -4.06. The van der Waals surface area contributed by atoms with Crippen molar-refractivity contribution in [1.29, 1.82) is 0 Å². The Kier molecular flexibility index (Phi) is 5.98. The van der Waals surface area contributed by atoms with Crippen LogP contribution in [0.1, 0.15) is 33.4 Å². The van der Waals surface area contributed by atoms with Crippen LogP contribution in [0.25, 0.3) is 11.0 Å². The van der Waals surface area contributed by atoms with Crippen LogP contribution in [-0.4, -0.2) is 18.5 Å². The molecule has 0 aliphatic carbocycles. The maximum Gasteiger partial charge on any atom is 0.338 e. The number of nitrogens with one attached hydrogen (secondary N) is 1. The molecule has 1 amide bonds. The minimum Gasteiger partial charge on any atom is -0.489 e. The molecule has 156 valence electrons. The van der Waals surface area contributed by atoms with Gasteiger partial charge in [0, 0.05) is 16.6 Å². The number of para-hydroxylation sites is 2. The van der Waals surface area contributed by atoms with Crippen LogP contribution in [0.15, 0.2) is 83.3 Å². The minimum atomic E-state index is -0.405. The third-order valence-corrected chi connectivity index (χ3v) is 4.68. The van der Waals surface area contributed by atoms with E-state index in [1.807, 2.05) is 54.6 Å². The fourth-order valence-corrected chi connectivity index (χ4v) is 3.19. The second kappa shape index (κ2) is 9.17. The maximum atomic E-state index is 13.0. The molecule has 0 aliphatic rings. The molecule has 0 saturated heterocycles. The Labute approximate surface area is 179 Å². The van der Waals surface area contributed by atoms with Crippen molar-refractivity contribution in [2.24, 2.45) is 0 Å². The lowest BCUT2D eigenvalue weighted by molar-refractivity contribution is 0.0526. The molecule has 0 aliphatic heterocycles. The summed E-state index contributed by atoms with van der Waals surface area (Å²) in [5, 5.41) is 3.64. The topological polar surface area (TPSA) is 77.8 Å². The average molecular weight is 415 g/mol. The first-order valence-electron chi connectivity index (χ1n) is 9.92. The van der Waals surface area contributed by atoms with Gasteiger partial charge < -0.3 is 19.2 Å². The standard InChI is InChI=1S/C25H21NO5/c1-2-29-25(28)17-12-14-18(15-13-17)26-24(27)23-21(16-30-19-8-4-3-5-9-19)20-10-6-7-11-22(20)31-23/h3-15H,2,16H2,1H3,(H,26,27). The zero-order valence-electron chi connectivity index (χ0n) is 17.0. The highest BCUT2D eigenvalue weighted by molar-refractivity contribution is 6.06. The summed E-state index contributed by atoms with van der Waals surface area (Å²) in [5.41, 5.74) is 2.23. The van der Waals surface area contributed by atoms with E-state index in [4.69, 9.17) is 13.9 Å². The Morgan fingerprint density at radius 2 is 1.61 bits per heavy atom.